The summed E-state index contributed by atoms with van der Waals surface area (Å²) in [6.07, 6.45) is 4.33. The Balaban J connectivity index is 0.000000791. The van der Waals surface area contributed by atoms with Gasteiger partial charge in [-0.3, -0.25) is 4.79 Å². The lowest BCUT2D eigenvalue weighted by Gasteiger charge is -2.40. The zero-order chi connectivity index (χ0) is 18.4. The largest absolute Gasteiger partial charge is 0.342 e. The van der Waals surface area contributed by atoms with Gasteiger partial charge in [-0.1, -0.05) is 0 Å². The van der Waals surface area contributed by atoms with Crippen LogP contribution in [0.3, 0.4) is 0 Å². The molecule has 0 N–H and O–H groups in total. The van der Waals surface area contributed by atoms with Gasteiger partial charge in [0.05, 0.1) is 17.9 Å². The molecule has 26 heavy (non-hydrogen) atoms. The molecule has 10 heteroatoms. The number of carbonyl (C=O) groups excluding carboxylic acids is 2. The molecule has 3 heterocycles. The Morgan fingerprint density at radius 1 is 1.08 bits per heavy atom. The molecule has 3 aliphatic heterocycles. The van der Waals surface area contributed by atoms with Crippen molar-refractivity contribution in [3.8, 4) is 6.07 Å². The van der Waals surface area contributed by atoms with Crippen molar-refractivity contribution >= 4 is 46.4 Å². The Kier molecular flexibility index (Phi) is 9.43. The SMILES string of the molecule is CC=O.I.N#CC1CN(S(=O)(=O)N2CCC[C@H](C(=O)N3CCCC3)C2)C1. The van der Waals surface area contributed by atoms with Gasteiger partial charge in [0, 0.05) is 39.3 Å². The number of likely N-dealkylation sites (tertiary alicyclic amines) is 1. The van der Waals surface area contributed by atoms with Crippen molar-refractivity contribution in [1.82, 2.24) is 13.5 Å². The minimum Gasteiger partial charge on any atom is -0.342 e. The number of nitrogens with zero attached hydrogens (tertiary/aromatic N) is 4. The monoisotopic (exact) mass is 498 g/mol. The molecule has 0 aromatic carbocycles. The van der Waals surface area contributed by atoms with E-state index >= 15 is 0 Å². The fraction of sp³-hybridized carbons (Fsp3) is 0.812. The van der Waals surface area contributed by atoms with Crippen molar-refractivity contribution in [3.63, 3.8) is 0 Å². The molecule has 3 aliphatic rings. The normalized spacial score (nSPS) is 24.5. The highest BCUT2D eigenvalue weighted by Gasteiger charge is 2.42. The number of rotatable bonds is 3. The highest BCUT2D eigenvalue weighted by Crippen LogP contribution is 2.27. The molecule has 0 aliphatic carbocycles. The Morgan fingerprint density at radius 2 is 1.65 bits per heavy atom. The molecule has 0 saturated carbocycles. The average Bonchev–Trinajstić information content (AvgIpc) is 3.08. The van der Waals surface area contributed by atoms with Crippen LogP contribution in [0.25, 0.3) is 0 Å². The van der Waals surface area contributed by atoms with E-state index in [0.29, 0.717) is 6.54 Å². The van der Waals surface area contributed by atoms with Crippen LogP contribution in [-0.4, -0.2) is 73.4 Å². The summed E-state index contributed by atoms with van der Waals surface area (Å²) >= 11 is 0. The van der Waals surface area contributed by atoms with Crippen LogP contribution in [0.4, 0.5) is 0 Å². The molecule has 0 radical (unpaired) electrons. The van der Waals surface area contributed by atoms with Crippen LogP contribution >= 0.6 is 24.0 Å². The highest BCUT2D eigenvalue weighted by molar-refractivity contribution is 14.0. The van der Waals surface area contributed by atoms with Gasteiger partial charge in [0.25, 0.3) is 10.2 Å². The lowest BCUT2D eigenvalue weighted by molar-refractivity contribution is -0.135. The average molecular weight is 498 g/mol. The first kappa shape index (κ1) is 23.3. The summed E-state index contributed by atoms with van der Waals surface area (Å²) in [5.74, 6) is -0.299. The molecule has 3 fully saturated rings. The molecular formula is C16H27IN4O4S. The van der Waals surface area contributed by atoms with Crippen LogP contribution in [0.1, 0.15) is 32.6 Å². The van der Waals surface area contributed by atoms with Gasteiger partial charge in [0.1, 0.15) is 6.29 Å². The maximum atomic E-state index is 12.5. The van der Waals surface area contributed by atoms with Crippen LogP contribution in [-0.2, 0) is 19.8 Å². The Hall–Kier alpha value is -0.770. The second-order valence-electron chi connectivity index (χ2n) is 6.62. The molecule has 0 bridgehead atoms. The second kappa shape index (κ2) is 10.5. The predicted octanol–water partition coefficient (Wildman–Crippen LogP) is 0.844. The number of aldehydes is 1. The highest BCUT2D eigenvalue weighted by atomic mass is 127. The second-order valence-corrected chi connectivity index (χ2v) is 8.54. The first-order chi connectivity index (χ1) is 11.9. The summed E-state index contributed by atoms with van der Waals surface area (Å²) in [5, 5.41) is 8.78. The number of hydrogen-bond donors (Lipinski definition) is 0. The summed E-state index contributed by atoms with van der Waals surface area (Å²) in [5.41, 5.74) is 0. The molecule has 0 aromatic rings. The van der Waals surface area contributed by atoms with Crippen LogP contribution in [0.15, 0.2) is 0 Å². The van der Waals surface area contributed by atoms with E-state index in [4.69, 9.17) is 10.1 Å². The van der Waals surface area contributed by atoms with Gasteiger partial charge in [-0.05, 0) is 32.6 Å². The number of piperidine rings is 1. The van der Waals surface area contributed by atoms with Crippen LogP contribution in [0, 0.1) is 23.2 Å². The van der Waals surface area contributed by atoms with Gasteiger partial charge in [-0.15, -0.1) is 24.0 Å². The quantitative estimate of drug-likeness (QED) is 0.424. The first-order valence-electron chi connectivity index (χ1n) is 8.77. The predicted molar refractivity (Wildman–Crippen MR) is 107 cm³/mol. The van der Waals surface area contributed by atoms with E-state index in [-0.39, 0.29) is 61.4 Å². The van der Waals surface area contributed by atoms with Gasteiger partial charge in [0.15, 0.2) is 0 Å². The van der Waals surface area contributed by atoms with Crippen LogP contribution in [0.5, 0.6) is 0 Å². The summed E-state index contributed by atoms with van der Waals surface area (Å²) in [6, 6.07) is 2.09. The summed E-state index contributed by atoms with van der Waals surface area (Å²) in [4.78, 5) is 23.1. The summed E-state index contributed by atoms with van der Waals surface area (Å²) in [6.45, 7) is 4.36. The number of halogens is 1. The van der Waals surface area contributed by atoms with Crippen molar-refractivity contribution in [3.05, 3.63) is 0 Å². The van der Waals surface area contributed by atoms with E-state index in [2.05, 4.69) is 6.07 Å². The number of carbonyl (C=O) groups is 2. The zero-order valence-corrected chi connectivity index (χ0v) is 18.2. The Morgan fingerprint density at radius 3 is 2.19 bits per heavy atom. The van der Waals surface area contributed by atoms with Gasteiger partial charge >= 0.3 is 0 Å². The van der Waals surface area contributed by atoms with E-state index in [1.807, 2.05) is 4.90 Å². The third-order valence-electron chi connectivity index (χ3n) is 4.83. The number of nitriles is 1. The van der Waals surface area contributed by atoms with Crippen molar-refractivity contribution in [2.24, 2.45) is 11.8 Å². The third kappa shape index (κ3) is 5.37. The fourth-order valence-electron chi connectivity index (χ4n) is 3.42. The van der Waals surface area contributed by atoms with Crippen LogP contribution in [0.2, 0.25) is 0 Å². The molecular weight excluding hydrogens is 471 g/mol. The minimum absolute atomic E-state index is 0. The van der Waals surface area contributed by atoms with Gasteiger partial charge in [-0.25, -0.2) is 0 Å². The third-order valence-corrected chi connectivity index (χ3v) is 6.77. The molecule has 0 aromatic heterocycles. The smallest absolute Gasteiger partial charge is 0.282 e. The summed E-state index contributed by atoms with van der Waals surface area (Å²) in [7, 11) is -3.51. The number of hydrogen-bond acceptors (Lipinski definition) is 5. The van der Waals surface area contributed by atoms with Gasteiger partial charge in [0.2, 0.25) is 5.91 Å². The van der Waals surface area contributed by atoms with E-state index < -0.39 is 10.2 Å². The Bertz CT molecular complexity index is 625. The van der Waals surface area contributed by atoms with Crippen molar-refractivity contribution in [1.29, 1.82) is 5.26 Å². The molecule has 148 valence electrons. The molecule has 3 saturated heterocycles. The van der Waals surface area contributed by atoms with E-state index in [0.717, 1.165) is 45.1 Å². The summed E-state index contributed by atoms with van der Waals surface area (Å²) < 4.78 is 27.9. The lowest BCUT2D eigenvalue weighted by Crippen LogP contribution is -2.57. The van der Waals surface area contributed by atoms with Crippen molar-refractivity contribution in [2.75, 3.05) is 39.3 Å². The van der Waals surface area contributed by atoms with Crippen molar-refractivity contribution in [2.45, 2.75) is 32.6 Å². The molecule has 1 atom stereocenters. The molecule has 0 spiro atoms. The first-order valence-corrected chi connectivity index (χ1v) is 10.2. The Labute approximate surface area is 172 Å². The van der Waals surface area contributed by atoms with Crippen molar-refractivity contribution < 1.29 is 18.0 Å². The van der Waals surface area contributed by atoms with E-state index in [1.54, 1.807) is 0 Å². The molecule has 0 unspecified atom stereocenters. The van der Waals surface area contributed by atoms with E-state index in [1.165, 1.54) is 15.5 Å². The lowest BCUT2D eigenvalue weighted by atomic mass is 9.98. The maximum Gasteiger partial charge on any atom is 0.282 e. The standard InChI is InChI=1S/C14H22N4O3S.C2H4O.HI/c15-8-12-9-18(10-12)22(20,21)17-7-3-4-13(11-17)14(19)16-5-1-2-6-16;1-2-3;/h12-13H,1-7,9-11H2;2H,1H3;1H/t13-;;/m0../s1. The van der Waals surface area contributed by atoms with Gasteiger partial charge < -0.3 is 9.69 Å². The number of amides is 1. The molecule has 3 rings (SSSR count). The molecule has 8 nitrogen and oxygen atoms in total. The van der Waals surface area contributed by atoms with Crippen LogP contribution < -0.4 is 0 Å². The molecule has 1 amide bonds. The van der Waals surface area contributed by atoms with E-state index in [9.17, 15) is 13.2 Å². The van der Waals surface area contributed by atoms with Gasteiger partial charge in [-0.2, -0.15) is 22.3 Å². The zero-order valence-electron chi connectivity index (χ0n) is 15.0. The topological polar surface area (TPSA) is 102 Å². The minimum atomic E-state index is -3.51. The fourth-order valence-corrected chi connectivity index (χ4v) is 5.21. The maximum absolute atomic E-state index is 12.5.